The predicted octanol–water partition coefficient (Wildman–Crippen LogP) is 0.820. The fourth-order valence-electron chi connectivity index (χ4n) is 4.12. The molecule has 0 aliphatic carbocycles. The number of anilines is 1. The summed E-state index contributed by atoms with van der Waals surface area (Å²) >= 11 is 1.21. The van der Waals surface area contributed by atoms with Crippen LogP contribution in [0.15, 0.2) is 29.6 Å². The number of esters is 5. The Morgan fingerprint density at radius 3 is 2.11 bits per heavy atom. The molecule has 0 radical (unpaired) electrons. The standard InChI is InChI=1S/C27H32N6O12S/c1-13(34)33-26(45-21(32-33)11-29-27-31-30-25(46-27)19-8-7-9-28-10-19)24(44-18(6)39)23(43-17(5)38)22(42-16(4)37)20(41-15(3)36)12-40-14(2)35/h7-10,20,22-24,26H,11-12H2,1-6H3,(H,29,31)/t20-,22-,23+,24+,26?/m1/s1. The number of pyridine rings is 1. The Morgan fingerprint density at radius 2 is 1.54 bits per heavy atom. The van der Waals surface area contributed by atoms with Gasteiger partial charge in [-0.05, 0) is 12.1 Å². The number of carbonyl (C=O) groups excluding carboxylic acids is 6. The van der Waals surface area contributed by atoms with Crippen molar-refractivity contribution in [3.8, 4) is 10.6 Å². The maximum absolute atomic E-state index is 12.7. The van der Waals surface area contributed by atoms with Crippen molar-refractivity contribution in [2.75, 3.05) is 18.5 Å². The average Bonchev–Trinajstić information content (AvgIpc) is 3.62. The van der Waals surface area contributed by atoms with Crippen LogP contribution in [0, 0.1) is 0 Å². The van der Waals surface area contributed by atoms with Gasteiger partial charge in [-0.1, -0.05) is 11.3 Å². The number of nitrogens with zero attached hydrogens (tertiary/aromatic N) is 5. The van der Waals surface area contributed by atoms with Crippen molar-refractivity contribution in [1.29, 1.82) is 0 Å². The Balaban J connectivity index is 1.95. The molecule has 18 nitrogen and oxygen atoms in total. The van der Waals surface area contributed by atoms with Gasteiger partial charge in [-0.25, -0.2) is 0 Å². The van der Waals surface area contributed by atoms with Gasteiger partial charge in [0.2, 0.25) is 23.2 Å². The Kier molecular flexibility index (Phi) is 12.4. The molecule has 5 atom stereocenters. The second-order valence-corrected chi connectivity index (χ2v) is 10.5. The zero-order valence-electron chi connectivity index (χ0n) is 25.7. The van der Waals surface area contributed by atoms with Crippen LogP contribution in [0.4, 0.5) is 5.13 Å². The molecular formula is C27H32N6O12S. The number of hydrogen-bond donors (Lipinski definition) is 1. The van der Waals surface area contributed by atoms with E-state index in [4.69, 9.17) is 28.4 Å². The molecule has 1 unspecified atom stereocenters. The van der Waals surface area contributed by atoms with Crippen LogP contribution < -0.4 is 5.32 Å². The maximum atomic E-state index is 12.7. The van der Waals surface area contributed by atoms with Crippen LogP contribution >= 0.6 is 11.3 Å². The van der Waals surface area contributed by atoms with E-state index in [1.165, 1.54) is 11.3 Å². The van der Waals surface area contributed by atoms with Crippen molar-refractivity contribution in [3.05, 3.63) is 24.5 Å². The lowest BCUT2D eigenvalue weighted by Crippen LogP contribution is -2.59. The van der Waals surface area contributed by atoms with Gasteiger partial charge in [-0.3, -0.25) is 33.8 Å². The summed E-state index contributed by atoms with van der Waals surface area (Å²) in [5.74, 6) is -5.17. The second-order valence-electron chi connectivity index (χ2n) is 9.55. The fraction of sp³-hybridized carbons (Fsp3) is 0.481. The monoisotopic (exact) mass is 664 g/mol. The Hall–Kier alpha value is -5.20. The van der Waals surface area contributed by atoms with Gasteiger partial charge >= 0.3 is 29.8 Å². The number of rotatable bonds is 14. The summed E-state index contributed by atoms with van der Waals surface area (Å²) in [5, 5.41) is 17.1. The van der Waals surface area contributed by atoms with Crippen LogP contribution in [0.5, 0.6) is 0 Å². The molecule has 0 bridgehead atoms. The van der Waals surface area contributed by atoms with Gasteiger partial charge in [-0.2, -0.15) is 5.01 Å². The zero-order valence-corrected chi connectivity index (χ0v) is 26.5. The van der Waals surface area contributed by atoms with E-state index >= 15 is 0 Å². The summed E-state index contributed by atoms with van der Waals surface area (Å²) < 4.78 is 32.5. The minimum absolute atomic E-state index is 0.0717. The zero-order chi connectivity index (χ0) is 34.0. The highest BCUT2D eigenvalue weighted by molar-refractivity contribution is 7.18. The fourth-order valence-corrected chi connectivity index (χ4v) is 4.85. The van der Waals surface area contributed by atoms with E-state index in [9.17, 15) is 28.8 Å². The van der Waals surface area contributed by atoms with Crippen LogP contribution in [-0.2, 0) is 57.2 Å². The molecule has 1 aliphatic rings. The third-order valence-electron chi connectivity index (χ3n) is 5.73. The minimum atomic E-state index is -1.79. The lowest BCUT2D eigenvalue weighted by atomic mass is 10.00. The second kappa shape index (κ2) is 16.2. The Morgan fingerprint density at radius 1 is 0.891 bits per heavy atom. The molecule has 46 heavy (non-hydrogen) atoms. The van der Waals surface area contributed by atoms with E-state index < -0.39 is 73.0 Å². The first-order valence-corrected chi connectivity index (χ1v) is 14.4. The Labute approximate surface area is 266 Å². The van der Waals surface area contributed by atoms with Gasteiger partial charge in [0.1, 0.15) is 6.61 Å². The third kappa shape index (κ3) is 10.2. The number of carbonyl (C=O) groups is 6. The van der Waals surface area contributed by atoms with Crippen molar-refractivity contribution in [2.24, 2.45) is 5.10 Å². The Bertz CT molecular complexity index is 1470. The SMILES string of the molecule is CC(=O)OC[C@@H](OC(C)=O)[C@@H](OC(C)=O)[C@H](OC(C)=O)[C@H](OC(C)=O)C1OC(CNc2nnc(-c3cccnc3)s2)=NN1C(C)=O. The average molecular weight is 665 g/mol. The van der Waals surface area contributed by atoms with E-state index in [2.05, 4.69) is 25.6 Å². The highest BCUT2D eigenvalue weighted by atomic mass is 32.1. The van der Waals surface area contributed by atoms with E-state index in [1.54, 1.807) is 18.5 Å². The van der Waals surface area contributed by atoms with Crippen molar-refractivity contribution >= 4 is 58.1 Å². The molecule has 2 aromatic heterocycles. The smallest absolute Gasteiger partial charge is 0.303 e. The van der Waals surface area contributed by atoms with Crippen molar-refractivity contribution in [1.82, 2.24) is 20.2 Å². The van der Waals surface area contributed by atoms with Crippen molar-refractivity contribution in [3.63, 3.8) is 0 Å². The first-order chi connectivity index (χ1) is 21.7. The van der Waals surface area contributed by atoms with Gasteiger partial charge in [0.05, 0.1) is 6.54 Å². The van der Waals surface area contributed by atoms with Crippen LogP contribution in [-0.4, -0.2) is 106 Å². The largest absolute Gasteiger partial charge is 0.462 e. The summed E-state index contributed by atoms with van der Waals surface area (Å²) in [4.78, 5) is 77.2. The van der Waals surface area contributed by atoms with Crippen LogP contribution in [0.2, 0.25) is 0 Å². The quantitative estimate of drug-likeness (QED) is 0.218. The number of ether oxygens (including phenoxy) is 6. The lowest BCUT2D eigenvalue weighted by Gasteiger charge is -2.37. The number of hydrogen-bond acceptors (Lipinski definition) is 18. The molecule has 19 heteroatoms. The van der Waals surface area contributed by atoms with Crippen molar-refractivity contribution < 1.29 is 57.2 Å². The van der Waals surface area contributed by atoms with Gasteiger partial charge < -0.3 is 33.7 Å². The molecule has 0 fully saturated rings. The van der Waals surface area contributed by atoms with Gasteiger partial charge in [0, 0.05) is 59.5 Å². The topological polar surface area (TPSA) is 224 Å². The molecule has 0 saturated carbocycles. The van der Waals surface area contributed by atoms with E-state index in [0.29, 0.717) is 10.1 Å². The molecule has 1 aliphatic heterocycles. The highest BCUT2D eigenvalue weighted by Crippen LogP contribution is 2.29. The summed E-state index contributed by atoms with van der Waals surface area (Å²) in [7, 11) is 0. The van der Waals surface area contributed by atoms with Crippen LogP contribution in [0.3, 0.4) is 0 Å². The molecule has 0 saturated heterocycles. The highest BCUT2D eigenvalue weighted by Gasteiger charge is 2.51. The van der Waals surface area contributed by atoms with Crippen molar-refractivity contribution in [2.45, 2.75) is 72.2 Å². The van der Waals surface area contributed by atoms with Crippen LogP contribution in [0.1, 0.15) is 41.5 Å². The molecule has 3 heterocycles. The summed E-state index contributed by atoms with van der Waals surface area (Å²) in [6.07, 6.45) is -5.15. The van der Waals surface area contributed by atoms with E-state index in [0.717, 1.165) is 52.1 Å². The summed E-state index contributed by atoms with van der Waals surface area (Å²) in [6.45, 7) is 5.58. The van der Waals surface area contributed by atoms with Gasteiger partial charge in [0.15, 0.2) is 29.4 Å². The van der Waals surface area contributed by atoms with E-state index in [1.807, 2.05) is 6.07 Å². The predicted molar refractivity (Wildman–Crippen MR) is 155 cm³/mol. The number of nitrogens with one attached hydrogen (secondary N) is 1. The summed E-state index contributed by atoms with van der Waals surface area (Å²) in [5.41, 5.74) is 0.745. The van der Waals surface area contributed by atoms with Crippen LogP contribution in [0.25, 0.3) is 10.6 Å². The molecule has 1 N–H and O–H groups in total. The molecule has 0 spiro atoms. The first kappa shape index (κ1) is 35.3. The number of amides is 1. The van der Waals surface area contributed by atoms with E-state index in [-0.39, 0.29) is 12.4 Å². The molecule has 248 valence electrons. The van der Waals surface area contributed by atoms with Gasteiger partial charge in [-0.15, -0.1) is 15.3 Å². The summed E-state index contributed by atoms with van der Waals surface area (Å²) in [6, 6.07) is 3.56. The molecule has 0 aromatic carbocycles. The maximum Gasteiger partial charge on any atom is 0.303 e. The molecule has 3 rings (SSSR count). The third-order valence-corrected chi connectivity index (χ3v) is 6.66. The molecular weight excluding hydrogens is 632 g/mol. The molecule has 1 amide bonds. The number of hydrazone groups is 1. The first-order valence-electron chi connectivity index (χ1n) is 13.6. The minimum Gasteiger partial charge on any atom is -0.462 e. The molecule has 2 aromatic rings. The lowest BCUT2D eigenvalue weighted by molar-refractivity contribution is -0.216. The normalized spacial score (nSPS) is 16.4. The van der Waals surface area contributed by atoms with Gasteiger partial charge in [0.25, 0.3) is 0 Å². The number of aromatic nitrogens is 3.